The molecule has 5 atom stereocenters. The lowest BCUT2D eigenvalue weighted by molar-refractivity contribution is -0.315. The number of aryl methyl sites for hydroxylation is 1. The predicted octanol–water partition coefficient (Wildman–Crippen LogP) is 2.67. The van der Waals surface area contributed by atoms with Crippen molar-refractivity contribution in [2.45, 2.75) is 49.1 Å². The first-order valence-corrected chi connectivity index (χ1v) is 13.0. The number of halogens is 1. The van der Waals surface area contributed by atoms with Crippen LogP contribution in [-0.4, -0.2) is 42.9 Å². The van der Waals surface area contributed by atoms with Crippen molar-refractivity contribution in [1.29, 1.82) is 0 Å². The summed E-state index contributed by atoms with van der Waals surface area (Å²) in [4.78, 5) is 26.3. The van der Waals surface area contributed by atoms with Crippen molar-refractivity contribution in [2.24, 2.45) is 0 Å². The van der Waals surface area contributed by atoms with Gasteiger partial charge in [-0.2, -0.15) is 8.42 Å². The summed E-state index contributed by atoms with van der Waals surface area (Å²) in [6.07, 6.45) is -3.30. The third-order valence-electron chi connectivity index (χ3n) is 6.06. The molecule has 2 aliphatic heterocycles. The van der Waals surface area contributed by atoms with Gasteiger partial charge in [0.15, 0.2) is 6.29 Å². The van der Waals surface area contributed by atoms with E-state index in [-0.39, 0.29) is 22.9 Å². The molecule has 0 bridgehead atoms. The van der Waals surface area contributed by atoms with Crippen LogP contribution in [0.2, 0.25) is 5.02 Å². The van der Waals surface area contributed by atoms with Crippen molar-refractivity contribution in [3.8, 4) is 0 Å². The molecular weight excluding hydrogens is 512 g/mol. The molecule has 10 nitrogen and oxygen atoms in total. The first kappa shape index (κ1) is 24.9. The Hall–Kier alpha value is -2.80. The molecule has 0 amide bonds. The van der Waals surface area contributed by atoms with Crippen molar-refractivity contribution >= 4 is 21.7 Å². The Labute approximate surface area is 211 Å². The van der Waals surface area contributed by atoms with Crippen molar-refractivity contribution in [3.63, 3.8) is 0 Å². The van der Waals surface area contributed by atoms with Gasteiger partial charge in [0.2, 0.25) is 0 Å². The molecule has 5 rings (SSSR count). The summed E-state index contributed by atoms with van der Waals surface area (Å²) in [5.41, 5.74) is 0.152. The average Bonchev–Trinajstić information content (AvgIpc) is 2.86. The van der Waals surface area contributed by atoms with Crippen LogP contribution in [0, 0.1) is 6.92 Å². The van der Waals surface area contributed by atoms with Gasteiger partial charge in [-0.25, -0.2) is 4.79 Å². The second kappa shape index (κ2) is 9.92. The average molecular weight is 535 g/mol. The van der Waals surface area contributed by atoms with Gasteiger partial charge in [0, 0.05) is 18.2 Å². The van der Waals surface area contributed by atoms with Gasteiger partial charge >= 0.3 is 5.69 Å². The minimum absolute atomic E-state index is 0.0105. The van der Waals surface area contributed by atoms with Gasteiger partial charge in [0.05, 0.1) is 11.5 Å². The van der Waals surface area contributed by atoms with Crippen LogP contribution in [0.5, 0.6) is 0 Å². The maximum absolute atomic E-state index is 13.2. The van der Waals surface area contributed by atoms with Crippen LogP contribution in [0.3, 0.4) is 0 Å². The Bertz CT molecular complexity index is 1460. The van der Waals surface area contributed by atoms with Crippen molar-refractivity contribution in [3.05, 3.63) is 97.8 Å². The van der Waals surface area contributed by atoms with Crippen LogP contribution >= 0.6 is 11.6 Å². The molecule has 3 heterocycles. The fourth-order valence-corrected chi connectivity index (χ4v) is 5.48. The number of nitrogens with one attached hydrogen (secondary N) is 1. The number of ether oxygens (including phenoxy) is 3. The summed E-state index contributed by atoms with van der Waals surface area (Å²) in [7, 11) is -4.19. The van der Waals surface area contributed by atoms with Gasteiger partial charge in [-0.15, -0.1) is 0 Å². The smallest absolute Gasteiger partial charge is 0.330 e. The molecule has 3 aromatic rings. The second-order valence-electron chi connectivity index (χ2n) is 8.59. The highest BCUT2D eigenvalue weighted by Gasteiger charge is 2.47. The minimum atomic E-state index is -4.19. The summed E-state index contributed by atoms with van der Waals surface area (Å²) in [5, 5.41) is -0.217. The molecule has 2 aliphatic rings. The quantitative estimate of drug-likeness (QED) is 0.495. The third-order valence-corrected chi connectivity index (χ3v) is 7.68. The van der Waals surface area contributed by atoms with Crippen LogP contribution in [-0.2, 0) is 28.5 Å². The lowest BCUT2D eigenvalue weighted by Crippen LogP contribution is -2.55. The number of benzene rings is 2. The first-order valence-electron chi connectivity index (χ1n) is 11.2. The van der Waals surface area contributed by atoms with Gasteiger partial charge in [-0.1, -0.05) is 59.6 Å². The van der Waals surface area contributed by atoms with Gasteiger partial charge in [-0.05, 0) is 19.1 Å². The van der Waals surface area contributed by atoms with Crippen LogP contribution in [0.15, 0.2) is 75.3 Å². The number of H-pyrrole nitrogens is 1. The molecule has 2 saturated heterocycles. The zero-order valence-corrected chi connectivity index (χ0v) is 20.6. The number of rotatable bonds is 5. The van der Waals surface area contributed by atoms with Gasteiger partial charge in [0.25, 0.3) is 15.7 Å². The molecule has 1 aromatic heterocycles. The molecule has 0 spiro atoms. The lowest BCUT2D eigenvalue weighted by Gasteiger charge is -2.45. The van der Waals surface area contributed by atoms with E-state index in [0.717, 1.165) is 21.9 Å². The fraction of sp³-hybridized carbons (Fsp3) is 0.333. The topological polar surface area (TPSA) is 126 Å². The number of aromatic nitrogens is 2. The molecule has 0 aliphatic carbocycles. The molecule has 2 aromatic carbocycles. The Morgan fingerprint density at radius 1 is 1.06 bits per heavy atom. The van der Waals surface area contributed by atoms with E-state index in [1.165, 1.54) is 12.1 Å². The number of hydrogen-bond acceptors (Lipinski definition) is 8. The largest absolute Gasteiger partial charge is 0.349 e. The maximum Gasteiger partial charge on any atom is 0.330 e. The Kier molecular flexibility index (Phi) is 6.86. The second-order valence-corrected chi connectivity index (χ2v) is 10.6. The van der Waals surface area contributed by atoms with E-state index >= 15 is 0 Å². The monoisotopic (exact) mass is 534 g/mol. The lowest BCUT2D eigenvalue weighted by atomic mass is 9.99. The maximum atomic E-state index is 13.2. The van der Waals surface area contributed by atoms with Crippen LogP contribution in [0.25, 0.3) is 0 Å². The molecule has 36 heavy (non-hydrogen) atoms. The fourth-order valence-electron chi connectivity index (χ4n) is 4.24. The van der Waals surface area contributed by atoms with Gasteiger partial charge in [0.1, 0.15) is 29.6 Å². The Morgan fingerprint density at radius 3 is 2.50 bits per heavy atom. The molecule has 1 unspecified atom stereocenters. The number of hydrogen-bond donors (Lipinski definition) is 1. The van der Waals surface area contributed by atoms with E-state index in [4.69, 9.17) is 30.0 Å². The minimum Gasteiger partial charge on any atom is -0.349 e. The molecular formula is C24H23ClN2O8S. The Balaban J connectivity index is 1.48. The van der Waals surface area contributed by atoms with Crippen molar-refractivity contribution in [1.82, 2.24) is 9.55 Å². The molecule has 1 N–H and O–H groups in total. The van der Waals surface area contributed by atoms with Gasteiger partial charge < -0.3 is 14.2 Å². The summed E-state index contributed by atoms with van der Waals surface area (Å²) < 4.78 is 51.2. The number of nitrogens with zero attached hydrogens (tertiary/aromatic N) is 1. The van der Waals surface area contributed by atoms with E-state index in [1.54, 1.807) is 12.1 Å². The van der Waals surface area contributed by atoms with Crippen molar-refractivity contribution < 1.29 is 26.8 Å². The Morgan fingerprint density at radius 2 is 1.78 bits per heavy atom. The summed E-state index contributed by atoms with van der Waals surface area (Å²) in [6.45, 7) is 1.90. The molecule has 2 fully saturated rings. The standard InChI is InChI=1S/C24H23ClN2O8S/c1-14-7-9-16(10-8-14)36(30,31)35-18-11-20(27-12-17(25)22(28)26-24(27)29)33-19-13-32-23(34-21(18)19)15-5-3-2-4-6-15/h2-10,12,18-21,23H,11,13H2,1H3,(H,26,28,29)/t18-,19-,20-,21+,23?/m1/s1. The highest BCUT2D eigenvalue weighted by Crippen LogP contribution is 2.38. The van der Waals surface area contributed by atoms with Gasteiger partial charge in [-0.3, -0.25) is 18.5 Å². The number of aromatic amines is 1. The van der Waals surface area contributed by atoms with E-state index in [0.29, 0.717) is 0 Å². The highest BCUT2D eigenvalue weighted by molar-refractivity contribution is 7.86. The van der Waals surface area contributed by atoms with Crippen LogP contribution in [0.4, 0.5) is 0 Å². The first-order chi connectivity index (χ1) is 17.2. The molecule has 190 valence electrons. The van der Waals surface area contributed by atoms with Crippen LogP contribution in [0.1, 0.15) is 30.1 Å². The third kappa shape index (κ3) is 5.03. The number of fused-ring (bicyclic) bond motifs is 1. The highest BCUT2D eigenvalue weighted by atomic mass is 35.5. The molecule has 12 heteroatoms. The van der Waals surface area contributed by atoms with E-state index in [1.807, 2.05) is 37.3 Å². The molecule has 0 radical (unpaired) electrons. The van der Waals surface area contributed by atoms with Crippen molar-refractivity contribution in [2.75, 3.05) is 6.61 Å². The summed E-state index contributed by atoms with van der Waals surface area (Å²) in [5.74, 6) is 0. The predicted molar refractivity (Wildman–Crippen MR) is 128 cm³/mol. The van der Waals surface area contributed by atoms with E-state index in [2.05, 4.69) is 4.98 Å². The van der Waals surface area contributed by atoms with E-state index in [9.17, 15) is 18.0 Å². The zero-order valence-electron chi connectivity index (χ0n) is 19.1. The zero-order chi connectivity index (χ0) is 25.4. The van der Waals surface area contributed by atoms with Crippen LogP contribution < -0.4 is 11.2 Å². The molecule has 0 saturated carbocycles. The summed E-state index contributed by atoms with van der Waals surface area (Å²) in [6, 6.07) is 15.5. The van der Waals surface area contributed by atoms with E-state index < -0.39 is 52.2 Å². The summed E-state index contributed by atoms with van der Waals surface area (Å²) >= 11 is 5.93. The SMILES string of the molecule is Cc1ccc(S(=O)(=O)O[C@@H]2C[C@H](n3cc(Cl)c(=O)[nH]c3=O)O[C@@H]3COC(c4ccccc4)O[C@H]32)cc1. The normalized spacial score (nSPS) is 26.3.